The zero-order valence-electron chi connectivity index (χ0n) is 14.6. The molecule has 1 aromatic rings. The van der Waals surface area contributed by atoms with Crippen LogP contribution in [0.2, 0.25) is 5.02 Å². The van der Waals surface area contributed by atoms with Gasteiger partial charge in [0, 0.05) is 18.5 Å². The van der Waals surface area contributed by atoms with Crippen molar-refractivity contribution in [2.75, 3.05) is 19.7 Å². The molecule has 1 saturated heterocycles. The van der Waals surface area contributed by atoms with E-state index in [1.54, 1.807) is 0 Å². The molecule has 1 saturated carbocycles. The maximum atomic E-state index is 13.3. The van der Waals surface area contributed by atoms with Gasteiger partial charge < -0.3 is 15.0 Å². The fraction of sp³-hybridized carbons (Fsp3) is 0.579. The van der Waals surface area contributed by atoms with Crippen LogP contribution in [0.3, 0.4) is 0 Å². The summed E-state index contributed by atoms with van der Waals surface area (Å²) in [6.45, 7) is 3.04. The van der Waals surface area contributed by atoms with E-state index in [4.69, 9.17) is 16.3 Å². The number of halogens is 1. The van der Waals surface area contributed by atoms with Gasteiger partial charge in [-0.2, -0.15) is 0 Å². The Kier molecular flexibility index (Phi) is 5.64. The third-order valence-corrected chi connectivity index (χ3v) is 5.38. The summed E-state index contributed by atoms with van der Waals surface area (Å²) in [4.78, 5) is 26.8. The first kappa shape index (κ1) is 18.2. The van der Waals surface area contributed by atoms with Crippen molar-refractivity contribution < 1.29 is 14.3 Å². The van der Waals surface area contributed by atoms with Gasteiger partial charge in [-0.15, -0.1) is 0 Å². The van der Waals surface area contributed by atoms with Gasteiger partial charge in [0.15, 0.2) is 0 Å². The quantitative estimate of drug-likeness (QED) is 0.896. The molecule has 0 bridgehead atoms. The van der Waals surface area contributed by atoms with Crippen molar-refractivity contribution >= 4 is 23.4 Å². The molecule has 1 atom stereocenters. The molecule has 0 aromatic heterocycles. The van der Waals surface area contributed by atoms with Crippen molar-refractivity contribution in [1.82, 2.24) is 10.2 Å². The van der Waals surface area contributed by atoms with Gasteiger partial charge in [0.2, 0.25) is 11.8 Å². The highest BCUT2D eigenvalue weighted by molar-refractivity contribution is 6.30. The van der Waals surface area contributed by atoms with E-state index in [2.05, 4.69) is 5.32 Å². The minimum atomic E-state index is -0.744. The Balaban J connectivity index is 1.75. The summed E-state index contributed by atoms with van der Waals surface area (Å²) in [6.07, 6.45) is 4.33. The molecule has 2 aliphatic rings. The van der Waals surface area contributed by atoms with E-state index < -0.39 is 5.54 Å². The van der Waals surface area contributed by atoms with E-state index in [1.807, 2.05) is 29.2 Å². The van der Waals surface area contributed by atoms with Crippen molar-refractivity contribution in [3.05, 3.63) is 34.9 Å². The van der Waals surface area contributed by atoms with Crippen LogP contribution in [0.5, 0.6) is 0 Å². The monoisotopic (exact) mass is 364 g/mol. The van der Waals surface area contributed by atoms with E-state index in [1.165, 1.54) is 6.92 Å². The summed E-state index contributed by atoms with van der Waals surface area (Å²) in [7, 11) is 0. The number of carbonyl (C=O) groups is 2. The van der Waals surface area contributed by atoms with Crippen molar-refractivity contribution in [3.8, 4) is 0 Å². The zero-order valence-corrected chi connectivity index (χ0v) is 15.3. The highest BCUT2D eigenvalue weighted by Gasteiger charge is 2.43. The molecule has 5 nitrogen and oxygen atoms in total. The van der Waals surface area contributed by atoms with Crippen LogP contribution in [0, 0.1) is 0 Å². The van der Waals surface area contributed by atoms with Crippen LogP contribution in [0.25, 0.3) is 0 Å². The standard InChI is InChI=1S/C19H25ClN2O3/c1-14(23)21-19(9-3-2-4-10-19)18(24)22-11-12-25-17(13-22)15-5-7-16(20)8-6-15/h5-8,17H,2-4,9-13H2,1H3,(H,21,23). The van der Waals surface area contributed by atoms with Gasteiger partial charge in [-0.1, -0.05) is 43.0 Å². The first-order chi connectivity index (χ1) is 12.0. The highest BCUT2D eigenvalue weighted by Crippen LogP contribution is 2.32. The fourth-order valence-corrected chi connectivity index (χ4v) is 4.03. The van der Waals surface area contributed by atoms with Crippen LogP contribution in [0.15, 0.2) is 24.3 Å². The topological polar surface area (TPSA) is 58.6 Å². The molecule has 1 aromatic carbocycles. The number of ether oxygens (including phenoxy) is 1. The normalized spacial score (nSPS) is 23.1. The Bertz CT molecular complexity index is 626. The van der Waals surface area contributed by atoms with E-state index in [0.717, 1.165) is 24.8 Å². The second-order valence-electron chi connectivity index (χ2n) is 6.99. The smallest absolute Gasteiger partial charge is 0.248 e. The van der Waals surface area contributed by atoms with E-state index >= 15 is 0 Å². The minimum absolute atomic E-state index is 0.0321. The molecule has 6 heteroatoms. The van der Waals surface area contributed by atoms with Crippen molar-refractivity contribution in [3.63, 3.8) is 0 Å². The molecule has 1 heterocycles. The van der Waals surface area contributed by atoms with Gasteiger partial charge in [0.05, 0.1) is 13.2 Å². The summed E-state index contributed by atoms with van der Waals surface area (Å²) in [5, 5.41) is 3.65. The lowest BCUT2D eigenvalue weighted by molar-refractivity contribution is -0.150. The molecule has 0 radical (unpaired) electrons. The number of amides is 2. The van der Waals surface area contributed by atoms with Crippen molar-refractivity contribution in [2.24, 2.45) is 0 Å². The summed E-state index contributed by atoms with van der Waals surface area (Å²) >= 11 is 5.95. The first-order valence-corrected chi connectivity index (χ1v) is 9.33. The molecule has 136 valence electrons. The maximum absolute atomic E-state index is 13.3. The van der Waals surface area contributed by atoms with E-state index in [9.17, 15) is 9.59 Å². The largest absolute Gasteiger partial charge is 0.370 e. The molecule has 2 amide bonds. The van der Waals surface area contributed by atoms with Crippen LogP contribution in [-0.2, 0) is 14.3 Å². The molecular formula is C19H25ClN2O3. The highest BCUT2D eigenvalue weighted by atomic mass is 35.5. The molecule has 0 spiro atoms. The number of hydrogen-bond acceptors (Lipinski definition) is 3. The minimum Gasteiger partial charge on any atom is -0.370 e. The second kappa shape index (κ2) is 7.75. The number of hydrogen-bond donors (Lipinski definition) is 1. The molecule has 1 aliphatic carbocycles. The number of morpholine rings is 1. The third kappa shape index (κ3) is 4.15. The Hall–Kier alpha value is -1.59. The van der Waals surface area contributed by atoms with Crippen LogP contribution >= 0.6 is 11.6 Å². The Morgan fingerprint density at radius 1 is 1.20 bits per heavy atom. The number of rotatable bonds is 3. The lowest BCUT2D eigenvalue weighted by Gasteiger charge is -2.42. The first-order valence-electron chi connectivity index (χ1n) is 8.95. The number of nitrogens with zero attached hydrogens (tertiary/aromatic N) is 1. The van der Waals surface area contributed by atoms with Gasteiger partial charge in [0.25, 0.3) is 0 Å². The molecule has 1 aliphatic heterocycles. The SMILES string of the molecule is CC(=O)NC1(C(=O)N2CCOC(c3ccc(Cl)cc3)C2)CCCCC1. The van der Waals surface area contributed by atoms with Crippen LogP contribution in [-0.4, -0.2) is 41.9 Å². The second-order valence-corrected chi connectivity index (χ2v) is 7.42. The van der Waals surface area contributed by atoms with Gasteiger partial charge >= 0.3 is 0 Å². The molecule has 1 unspecified atom stereocenters. The van der Waals surface area contributed by atoms with Crippen LogP contribution < -0.4 is 5.32 Å². The maximum Gasteiger partial charge on any atom is 0.248 e. The average molecular weight is 365 g/mol. The Labute approximate surface area is 153 Å². The Morgan fingerprint density at radius 2 is 1.88 bits per heavy atom. The summed E-state index contributed by atoms with van der Waals surface area (Å²) in [5.41, 5.74) is 0.269. The molecule has 25 heavy (non-hydrogen) atoms. The van der Waals surface area contributed by atoms with Gasteiger partial charge in [-0.05, 0) is 30.5 Å². The molecular weight excluding hydrogens is 340 g/mol. The summed E-state index contributed by atoms with van der Waals surface area (Å²) in [5.74, 6) is -0.109. The van der Waals surface area contributed by atoms with Crippen LogP contribution in [0.1, 0.15) is 50.7 Å². The molecule has 3 rings (SSSR count). The number of carbonyl (C=O) groups excluding carboxylic acids is 2. The predicted octanol–water partition coefficient (Wildman–Crippen LogP) is 3.08. The predicted molar refractivity (Wildman–Crippen MR) is 96.4 cm³/mol. The third-order valence-electron chi connectivity index (χ3n) is 5.13. The lowest BCUT2D eigenvalue weighted by Crippen LogP contribution is -2.61. The van der Waals surface area contributed by atoms with Crippen molar-refractivity contribution in [1.29, 1.82) is 0 Å². The number of benzene rings is 1. The van der Waals surface area contributed by atoms with Gasteiger partial charge in [0.1, 0.15) is 11.6 Å². The van der Waals surface area contributed by atoms with Gasteiger partial charge in [-0.25, -0.2) is 0 Å². The molecule has 2 fully saturated rings. The summed E-state index contributed by atoms with van der Waals surface area (Å²) in [6, 6.07) is 7.54. The Morgan fingerprint density at radius 3 is 2.52 bits per heavy atom. The van der Waals surface area contributed by atoms with Crippen molar-refractivity contribution in [2.45, 2.75) is 50.7 Å². The number of nitrogens with one attached hydrogen (secondary N) is 1. The summed E-state index contributed by atoms with van der Waals surface area (Å²) < 4.78 is 5.86. The average Bonchev–Trinajstić information content (AvgIpc) is 2.62. The van der Waals surface area contributed by atoms with Crippen LogP contribution in [0.4, 0.5) is 0 Å². The van der Waals surface area contributed by atoms with E-state index in [-0.39, 0.29) is 17.9 Å². The fourth-order valence-electron chi connectivity index (χ4n) is 3.90. The van der Waals surface area contributed by atoms with E-state index in [0.29, 0.717) is 37.6 Å². The lowest BCUT2D eigenvalue weighted by atomic mass is 9.80. The zero-order chi connectivity index (χ0) is 17.9. The molecule has 1 N–H and O–H groups in total. The van der Waals surface area contributed by atoms with Gasteiger partial charge in [-0.3, -0.25) is 9.59 Å².